The lowest BCUT2D eigenvalue weighted by Crippen LogP contribution is -2.29. The van der Waals surface area contributed by atoms with Gasteiger partial charge in [-0.2, -0.15) is 0 Å². The first-order valence-electron chi connectivity index (χ1n) is 7.13. The molecule has 2 nitrogen and oxygen atoms in total. The minimum Gasteiger partial charge on any atom is -0.344 e. The second-order valence-electron chi connectivity index (χ2n) is 5.37. The van der Waals surface area contributed by atoms with Crippen molar-refractivity contribution in [3.8, 4) is 0 Å². The summed E-state index contributed by atoms with van der Waals surface area (Å²) in [6, 6.07) is 17.8. The van der Waals surface area contributed by atoms with E-state index in [4.69, 9.17) is 0 Å². The van der Waals surface area contributed by atoms with Gasteiger partial charge >= 0.3 is 0 Å². The highest BCUT2D eigenvalue weighted by molar-refractivity contribution is 9.09. The highest BCUT2D eigenvalue weighted by Gasteiger charge is 2.14. The van der Waals surface area contributed by atoms with Crippen molar-refractivity contribution in [3.05, 3.63) is 71.3 Å². The van der Waals surface area contributed by atoms with Crippen LogP contribution in [0, 0.1) is 0 Å². The number of hydrogen-bond donors (Lipinski definition) is 1. The fourth-order valence-electron chi connectivity index (χ4n) is 2.16. The van der Waals surface area contributed by atoms with Gasteiger partial charge in [-0.1, -0.05) is 72.2 Å². The molecule has 0 saturated carbocycles. The number of carbonyl (C=O) groups is 1. The van der Waals surface area contributed by atoms with Crippen molar-refractivity contribution < 1.29 is 4.79 Å². The smallest absolute Gasteiger partial charge is 0.251 e. The van der Waals surface area contributed by atoms with Gasteiger partial charge in [0.2, 0.25) is 0 Å². The molecule has 2 aromatic carbocycles. The molecule has 2 aromatic rings. The van der Waals surface area contributed by atoms with Crippen LogP contribution in [0.3, 0.4) is 0 Å². The third kappa shape index (κ3) is 4.18. The SMILES string of the molecule is CC(C)c1ccc(C(=O)NC(CBr)c2ccccc2)cc1. The van der Waals surface area contributed by atoms with Gasteiger partial charge in [0.25, 0.3) is 5.91 Å². The van der Waals surface area contributed by atoms with E-state index >= 15 is 0 Å². The predicted octanol–water partition coefficient (Wildman–Crippen LogP) is 4.68. The van der Waals surface area contributed by atoms with Crippen molar-refractivity contribution in [3.63, 3.8) is 0 Å². The van der Waals surface area contributed by atoms with Gasteiger partial charge in [0, 0.05) is 10.9 Å². The zero-order chi connectivity index (χ0) is 15.2. The number of carbonyl (C=O) groups excluding carboxylic acids is 1. The number of amides is 1. The van der Waals surface area contributed by atoms with E-state index in [-0.39, 0.29) is 11.9 Å². The summed E-state index contributed by atoms with van der Waals surface area (Å²) in [5, 5.41) is 3.75. The van der Waals surface area contributed by atoms with Gasteiger partial charge in [0.05, 0.1) is 6.04 Å². The van der Waals surface area contributed by atoms with Gasteiger partial charge in [0.1, 0.15) is 0 Å². The second-order valence-corrected chi connectivity index (χ2v) is 6.02. The first-order chi connectivity index (χ1) is 10.1. The standard InChI is InChI=1S/C18H20BrNO/c1-13(2)14-8-10-16(11-9-14)18(21)20-17(12-19)15-6-4-3-5-7-15/h3-11,13,17H,12H2,1-2H3,(H,20,21). The minimum absolute atomic E-state index is 0.0246. The Morgan fingerprint density at radius 3 is 2.14 bits per heavy atom. The summed E-state index contributed by atoms with van der Waals surface area (Å²) in [5.74, 6) is 0.431. The Balaban J connectivity index is 2.09. The molecule has 0 saturated heterocycles. The summed E-state index contributed by atoms with van der Waals surface area (Å²) in [5.41, 5.74) is 3.04. The summed E-state index contributed by atoms with van der Waals surface area (Å²) in [7, 11) is 0. The zero-order valence-electron chi connectivity index (χ0n) is 12.3. The summed E-state index contributed by atoms with van der Waals surface area (Å²) < 4.78 is 0. The van der Waals surface area contributed by atoms with Crippen molar-refractivity contribution in [2.75, 3.05) is 5.33 Å². The second kappa shape index (κ2) is 7.41. The van der Waals surface area contributed by atoms with Gasteiger partial charge in [-0.25, -0.2) is 0 Å². The topological polar surface area (TPSA) is 29.1 Å². The Morgan fingerprint density at radius 2 is 1.62 bits per heavy atom. The maximum Gasteiger partial charge on any atom is 0.251 e. The number of hydrogen-bond acceptors (Lipinski definition) is 1. The third-order valence-electron chi connectivity index (χ3n) is 3.50. The van der Waals surface area contributed by atoms with E-state index in [1.165, 1.54) is 5.56 Å². The molecular formula is C18H20BrNO. The summed E-state index contributed by atoms with van der Waals surface area (Å²) in [6.45, 7) is 4.29. The van der Waals surface area contributed by atoms with Gasteiger partial charge in [0.15, 0.2) is 0 Å². The minimum atomic E-state index is -0.0430. The molecule has 1 atom stereocenters. The Bertz CT molecular complexity index is 578. The lowest BCUT2D eigenvalue weighted by Gasteiger charge is -2.17. The maximum absolute atomic E-state index is 12.3. The van der Waals surface area contributed by atoms with E-state index < -0.39 is 0 Å². The predicted molar refractivity (Wildman–Crippen MR) is 91.0 cm³/mol. The first kappa shape index (κ1) is 15.8. The lowest BCUT2D eigenvalue weighted by molar-refractivity contribution is 0.0941. The molecule has 0 bridgehead atoms. The Hall–Kier alpha value is -1.61. The molecule has 21 heavy (non-hydrogen) atoms. The van der Waals surface area contributed by atoms with E-state index in [1.807, 2.05) is 54.6 Å². The monoisotopic (exact) mass is 345 g/mol. The largest absolute Gasteiger partial charge is 0.344 e. The zero-order valence-corrected chi connectivity index (χ0v) is 13.9. The summed E-state index contributed by atoms with van der Waals surface area (Å²) >= 11 is 3.47. The maximum atomic E-state index is 12.3. The van der Waals surface area contributed by atoms with Gasteiger partial charge in [-0.3, -0.25) is 4.79 Å². The van der Waals surface area contributed by atoms with E-state index in [0.717, 1.165) is 5.56 Å². The Kier molecular flexibility index (Phi) is 5.57. The Labute approximate surface area is 134 Å². The molecular weight excluding hydrogens is 326 g/mol. The average molecular weight is 346 g/mol. The van der Waals surface area contributed by atoms with Crippen LogP contribution in [0.5, 0.6) is 0 Å². The van der Waals surface area contributed by atoms with Gasteiger partial charge in [-0.05, 0) is 29.2 Å². The molecule has 0 aliphatic heterocycles. The van der Waals surface area contributed by atoms with Crippen LogP contribution in [0.25, 0.3) is 0 Å². The van der Waals surface area contributed by atoms with Crippen LogP contribution < -0.4 is 5.32 Å². The van der Waals surface area contributed by atoms with Crippen LogP contribution in [0.2, 0.25) is 0 Å². The molecule has 0 aliphatic rings. The molecule has 0 aromatic heterocycles. The van der Waals surface area contributed by atoms with Gasteiger partial charge < -0.3 is 5.32 Å². The molecule has 1 amide bonds. The fourth-order valence-corrected chi connectivity index (χ4v) is 2.69. The van der Waals surface area contributed by atoms with E-state index in [2.05, 4.69) is 35.1 Å². The number of halogens is 1. The number of alkyl halides is 1. The molecule has 3 heteroatoms. The number of rotatable bonds is 5. The molecule has 110 valence electrons. The molecule has 1 N–H and O–H groups in total. The number of benzene rings is 2. The molecule has 0 spiro atoms. The molecule has 0 aliphatic carbocycles. The Morgan fingerprint density at radius 1 is 1.00 bits per heavy atom. The lowest BCUT2D eigenvalue weighted by atomic mass is 10.0. The number of nitrogens with one attached hydrogen (secondary N) is 1. The van der Waals surface area contributed by atoms with E-state index in [0.29, 0.717) is 16.8 Å². The highest BCUT2D eigenvalue weighted by atomic mass is 79.9. The normalized spacial score (nSPS) is 12.2. The van der Waals surface area contributed by atoms with Crippen LogP contribution in [-0.2, 0) is 0 Å². The average Bonchev–Trinajstić information content (AvgIpc) is 2.53. The van der Waals surface area contributed by atoms with Crippen LogP contribution >= 0.6 is 15.9 Å². The van der Waals surface area contributed by atoms with E-state index in [9.17, 15) is 4.79 Å². The van der Waals surface area contributed by atoms with Crippen molar-refractivity contribution >= 4 is 21.8 Å². The van der Waals surface area contributed by atoms with Crippen molar-refractivity contribution in [1.82, 2.24) is 5.32 Å². The first-order valence-corrected chi connectivity index (χ1v) is 8.25. The van der Waals surface area contributed by atoms with Crippen molar-refractivity contribution in [1.29, 1.82) is 0 Å². The highest BCUT2D eigenvalue weighted by Crippen LogP contribution is 2.17. The van der Waals surface area contributed by atoms with Crippen molar-refractivity contribution in [2.24, 2.45) is 0 Å². The molecule has 1 unspecified atom stereocenters. The van der Waals surface area contributed by atoms with Gasteiger partial charge in [-0.15, -0.1) is 0 Å². The molecule has 0 fully saturated rings. The quantitative estimate of drug-likeness (QED) is 0.783. The summed E-state index contributed by atoms with van der Waals surface area (Å²) in [6.07, 6.45) is 0. The fraction of sp³-hybridized carbons (Fsp3) is 0.278. The molecule has 2 rings (SSSR count). The van der Waals surface area contributed by atoms with Crippen LogP contribution in [0.15, 0.2) is 54.6 Å². The van der Waals surface area contributed by atoms with E-state index in [1.54, 1.807) is 0 Å². The molecule has 0 radical (unpaired) electrons. The van der Waals surface area contributed by atoms with Crippen LogP contribution in [0.4, 0.5) is 0 Å². The van der Waals surface area contributed by atoms with Crippen LogP contribution in [0.1, 0.15) is 47.3 Å². The third-order valence-corrected chi connectivity index (χ3v) is 4.15. The summed E-state index contributed by atoms with van der Waals surface area (Å²) in [4.78, 5) is 12.3. The van der Waals surface area contributed by atoms with Crippen LogP contribution in [-0.4, -0.2) is 11.2 Å². The van der Waals surface area contributed by atoms with Crippen molar-refractivity contribution in [2.45, 2.75) is 25.8 Å². The molecule has 0 heterocycles.